The molecule has 0 aliphatic rings. The van der Waals surface area contributed by atoms with E-state index in [1.165, 1.54) is 6.92 Å². The Morgan fingerprint density at radius 1 is 1.30 bits per heavy atom. The molecule has 1 aromatic rings. The highest BCUT2D eigenvalue weighted by Gasteiger charge is 1.95. The van der Waals surface area contributed by atoms with Gasteiger partial charge in [-0.05, 0) is 38.2 Å². The maximum atomic E-state index is 10.7. The summed E-state index contributed by atoms with van der Waals surface area (Å²) in [7, 11) is 4.05. The fourth-order valence-electron chi connectivity index (χ4n) is 1.57. The molecule has 0 aliphatic heterocycles. The minimum atomic E-state index is 0.0117. The lowest BCUT2D eigenvalue weighted by molar-refractivity contribution is -0.118. The molecule has 0 fully saturated rings. The summed E-state index contributed by atoms with van der Waals surface area (Å²) in [6.45, 7) is 3.81. The van der Waals surface area contributed by atoms with Gasteiger partial charge in [0.2, 0.25) is 5.91 Å². The van der Waals surface area contributed by atoms with Crippen LogP contribution in [0, 0.1) is 0 Å². The lowest BCUT2D eigenvalue weighted by Crippen LogP contribution is -2.20. The van der Waals surface area contributed by atoms with E-state index in [-0.39, 0.29) is 5.91 Å². The zero-order valence-electron chi connectivity index (χ0n) is 12.6. The zero-order chi connectivity index (χ0) is 14.8. The molecule has 0 heterocycles. The van der Waals surface area contributed by atoms with E-state index in [0.717, 1.165) is 24.3 Å². The van der Waals surface area contributed by atoms with Gasteiger partial charge < -0.3 is 15.0 Å². The van der Waals surface area contributed by atoms with Crippen molar-refractivity contribution in [2.75, 3.05) is 33.8 Å². The van der Waals surface area contributed by atoms with Crippen molar-refractivity contribution in [1.29, 1.82) is 0 Å². The molecule has 110 valence electrons. The first-order chi connectivity index (χ1) is 9.58. The Balaban J connectivity index is 2.31. The molecule has 1 N–H and O–H groups in total. The fourth-order valence-corrected chi connectivity index (χ4v) is 1.57. The van der Waals surface area contributed by atoms with E-state index in [4.69, 9.17) is 4.74 Å². The Morgan fingerprint density at radius 2 is 2.00 bits per heavy atom. The highest BCUT2D eigenvalue weighted by molar-refractivity contribution is 5.72. The minimum absolute atomic E-state index is 0.0117. The molecular formula is C16H24N2O2. The molecule has 1 aromatic carbocycles. The van der Waals surface area contributed by atoms with Gasteiger partial charge in [0.15, 0.2) is 0 Å². The number of carbonyl (C=O) groups excluding carboxylic acids is 1. The molecule has 0 bridgehead atoms. The molecule has 0 unspecified atom stereocenters. The second-order valence-electron chi connectivity index (χ2n) is 4.89. The molecule has 0 radical (unpaired) electrons. The normalized spacial score (nSPS) is 11.0. The van der Waals surface area contributed by atoms with Gasteiger partial charge in [-0.1, -0.05) is 24.3 Å². The monoisotopic (exact) mass is 276 g/mol. The van der Waals surface area contributed by atoms with Crippen molar-refractivity contribution >= 4 is 12.0 Å². The zero-order valence-corrected chi connectivity index (χ0v) is 12.6. The van der Waals surface area contributed by atoms with Crippen molar-refractivity contribution in [3.05, 3.63) is 35.9 Å². The van der Waals surface area contributed by atoms with Gasteiger partial charge in [0.25, 0.3) is 0 Å². The van der Waals surface area contributed by atoms with Crippen molar-refractivity contribution < 1.29 is 9.53 Å². The van der Waals surface area contributed by atoms with Crippen LogP contribution in [0.25, 0.3) is 6.08 Å². The Hall–Kier alpha value is -1.81. The molecule has 1 amide bonds. The average molecular weight is 276 g/mol. The highest BCUT2D eigenvalue weighted by Crippen LogP contribution is 2.13. The van der Waals surface area contributed by atoms with E-state index < -0.39 is 0 Å². The van der Waals surface area contributed by atoms with Crippen LogP contribution >= 0.6 is 0 Å². The Bertz CT molecular complexity index is 425. The van der Waals surface area contributed by atoms with Gasteiger partial charge in [0, 0.05) is 20.0 Å². The Labute approximate surface area is 121 Å². The van der Waals surface area contributed by atoms with Crippen molar-refractivity contribution in [1.82, 2.24) is 10.2 Å². The van der Waals surface area contributed by atoms with Gasteiger partial charge in [-0.15, -0.1) is 0 Å². The van der Waals surface area contributed by atoms with Crippen LogP contribution in [0.3, 0.4) is 0 Å². The van der Waals surface area contributed by atoms with Crippen molar-refractivity contribution in [3.8, 4) is 5.75 Å². The van der Waals surface area contributed by atoms with Gasteiger partial charge in [-0.3, -0.25) is 4.79 Å². The molecule has 4 heteroatoms. The van der Waals surface area contributed by atoms with E-state index in [9.17, 15) is 4.79 Å². The minimum Gasteiger partial charge on any atom is -0.492 e. The number of benzene rings is 1. The molecule has 4 nitrogen and oxygen atoms in total. The highest BCUT2D eigenvalue weighted by atomic mass is 16.5. The predicted octanol–water partition coefficient (Wildman–Crippen LogP) is 2.17. The van der Waals surface area contributed by atoms with Gasteiger partial charge >= 0.3 is 0 Å². The summed E-state index contributed by atoms with van der Waals surface area (Å²) in [6, 6.07) is 8.01. The smallest absolute Gasteiger partial charge is 0.216 e. The summed E-state index contributed by atoms with van der Waals surface area (Å²) in [5, 5.41) is 2.76. The Kier molecular flexibility index (Phi) is 7.43. The third kappa shape index (κ3) is 7.59. The van der Waals surface area contributed by atoms with Crippen LogP contribution < -0.4 is 10.1 Å². The van der Waals surface area contributed by atoms with E-state index >= 15 is 0 Å². The maximum absolute atomic E-state index is 10.7. The van der Waals surface area contributed by atoms with Crippen LogP contribution in [0.15, 0.2) is 30.3 Å². The molecule has 0 aromatic heterocycles. The summed E-state index contributed by atoms with van der Waals surface area (Å²) in [5.41, 5.74) is 1.13. The predicted molar refractivity (Wildman–Crippen MR) is 82.8 cm³/mol. The number of carbonyl (C=O) groups is 1. The first-order valence-corrected chi connectivity index (χ1v) is 6.86. The van der Waals surface area contributed by atoms with E-state index in [2.05, 4.69) is 16.3 Å². The largest absolute Gasteiger partial charge is 0.492 e. The standard InChI is InChI=1S/C16H24N2O2/c1-14(19)17-11-5-4-6-15-7-9-16(10-8-15)20-13-12-18(2)3/h4,6-10H,5,11-13H2,1-3H3,(H,17,19). The van der Waals surface area contributed by atoms with Crippen molar-refractivity contribution in [2.45, 2.75) is 13.3 Å². The van der Waals surface area contributed by atoms with Crippen LogP contribution in [0.1, 0.15) is 18.9 Å². The van der Waals surface area contributed by atoms with Crippen molar-refractivity contribution in [2.24, 2.45) is 0 Å². The van der Waals surface area contributed by atoms with E-state index in [1.54, 1.807) is 0 Å². The van der Waals surface area contributed by atoms with Crippen LogP contribution in [-0.4, -0.2) is 44.6 Å². The van der Waals surface area contributed by atoms with Crippen LogP contribution in [0.5, 0.6) is 5.75 Å². The van der Waals surface area contributed by atoms with Gasteiger partial charge in [0.05, 0.1) is 0 Å². The number of nitrogens with one attached hydrogen (secondary N) is 1. The quantitative estimate of drug-likeness (QED) is 0.740. The molecular weight excluding hydrogens is 252 g/mol. The molecule has 0 aliphatic carbocycles. The first kappa shape index (κ1) is 16.2. The van der Waals surface area contributed by atoms with Crippen molar-refractivity contribution in [3.63, 3.8) is 0 Å². The molecule has 0 saturated carbocycles. The number of likely N-dealkylation sites (N-methyl/N-ethyl adjacent to an activating group) is 1. The second kappa shape index (κ2) is 9.15. The summed E-state index contributed by atoms with van der Waals surface area (Å²) >= 11 is 0. The fraction of sp³-hybridized carbons (Fsp3) is 0.438. The third-order valence-electron chi connectivity index (χ3n) is 2.68. The molecule has 0 saturated heterocycles. The molecule has 1 rings (SSSR count). The van der Waals surface area contributed by atoms with Gasteiger partial charge in [0.1, 0.15) is 12.4 Å². The summed E-state index contributed by atoms with van der Waals surface area (Å²) in [4.78, 5) is 12.8. The number of rotatable bonds is 8. The first-order valence-electron chi connectivity index (χ1n) is 6.86. The topological polar surface area (TPSA) is 41.6 Å². The van der Waals surface area contributed by atoms with E-state index in [1.807, 2.05) is 44.4 Å². The molecule has 20 heavy (non-hydrogen) atoms. The average Bonchev–Trinajstić information content (AvgIpc) is 2.39. The summed E-state index contributed by atoms with van der Waals surface area (Å²) in [6.07, 6.45) is 4.93. The number of nitrogens with zero attached hydrogens (tertiary/aromatic N) is 1. The Morgan fingerprint density at radius 3 is 2.60 bits per heavy atom. The number of hydrogen-bond donors (Lipinski definition) is 1. The molecule has 0 spiro atoms. The van der Waals surface area contributed by atoms with Crippen LogP contribution in [-0.2, 0) is 4.79 Å². The SMILES string of the molecule is CC(=O)NCCC=Cc1ccc(OCCN(C)C)cc1. The van der Waals surface area contributed by atoms with Crippen LogP contribution in [0.4, 0.5) is 0 Å². The lowest BCUT2D eigenvalue weighted by Gasteiger charge is -2.10. The number of ether oxygens (including phenoxy) is 1. The third-order valence-corrected chi connectivity index (χ3v) is 2.68. The van der Waals surface area contributed by atoms with Gasteiger partial charge in [-0.25, -0.2) is 0 Å². The second-order valence-corrected chi connectivity index (χ2v) is 4.89. The number of amides is 1. The number of hydrogen-bond acceptors (Lipinski definition) is 3. The van der Waals surface area contributed by atoms with Gasteiger partial charge in [-0.2, -0.15) is 0 Å². The van der Waals surface area contributed by atoms with E-state index in [0.29, 0.717) is 13.2 Å². The van der Waals surface area contributed by atoms with Crippen LogP contribution in [0.2, 0.25) is 0 Å². The maximum Gasteiger partial charge on any atom is 0.216 e. The lowest BCUT2D eigenvalue weighted by atomic mass is 10.2. The molecule has 0 atom stereocenters. The summed E-state index contributed by atoms with van der Waals surface area (Å²) in [5.74, 6) is 0.903. The summed E-state index contributed by atoms with van der Waals surface area (Å²) < 4.78 is 5.63.